The molecule has 190 valence electrons. The third-order valence-corrected chi connectivity index (χ3v) is 6.74. The van der Waals surface area contributed by atoms with Gasteiger partial charge in [0, 0.05) is 37.0 Å². The molecule has 0 aromatic heterocycles. The van der Waals surface area contributed by atoms with Crippen LogP contribution in [0.5, 0.6) is 11.5 Å². The van der Waals surface area contributed by atoms with Crippen LogP contribution < -0.4 is 14.8 Å². The van der Waals surface area contributed by atoms with Crippen LogP contribution in [0.1, 0.15) is 33.1 Å². The standard InChI is InChI=1S/C25H29Cl3N2O5/c1-3-22(24(32)33-4-2)30-13-11-25(12-14-30,35-18-7-5-17(26)6-8-18)29-23(31)16-34-19-9-10-20(27)21(28)15-19/h5-10,15,22H,3-4,11-14,16H2,1-2H3,(H,29,31). The molecule has 1 saturated heterocycles. The Hall–Kier alpha value is -2.19. The number of hydrogen-bond acceptors (Lipinski definition) is 6. The molecule has 1 amide bonds. The van der Waals surface area contributed by atoms with E-state index in [1.807, 2.05) is 6.92 Å². The van der Waals surface area contributed by atoms with E-state index in [-0.39, 0.29) is 24.5 Å². The summed E-state index contributed by atoms with van der Waals surface area (Å²) in [7, 11) is 0. The maximum absolute atomic E-state index is 12.9. The van der Waals surface area contributed by atoms with E-state index in [4.69, 9.17) is 49.0 Å². The average Bonchev–Trinajstić information content (AvgIpc) is 2.83. The van der Waals surface area contributed by atoms with Crippen LogP contribution in [0.4, 0.5) is 0 Å². The number of nitrogens with one attached hydrogen (secondary N) is 1. The van der Waals surface area contributed by atoms with E-state index >= 15 is 0 Å². The Labute approximate surface area is 220 Å². The highest BCUT2D eigenvalue weighted by molar-refractivity contribution is 6.42. The Morgan fingerprint density at radius 1 is 1.00 bits per heavy atom. The number of amides is 1. The molecule has 7 nitrogen and oxygen atoms in total. The maximum Gasteiger partial charge on any atom is 0.323 e. The van der Waals surface area contributed by atoms with Crippen molar-refractivity contribution in [2.45, 2.75) is 44.9 Å². The highest BCUT2D eigenvalue weighted by atomic mass is 35.5. The number of benzene rings is 2. The van der Waals surface area contributed by atoms with Crippen LogP contribution in [0.3, 0.4) is 0 Å². The second-order valence-corrected chi connectivity index (χ2v) is 9.43. The lowest BCUT2D eigenvalue weighted by molar-refractivity contribution is -0.152. The minimum absolute atomic E-state index is 0.228. The molecule has 0 spiro atoms. The third-order valence-electron chi connectivity index (χ3n) is 5.75. The molecule has 0 radical (unpaired) electrons. The van der Waals surface area contributed by atoms with Crippen LogP contribution in [0.25, 0.3) is 0 Å². The van der Waals surface area contributed by atoms with Crippen LogP contribution >= 0.6 is 34.8 Å². The monoisotopic (exact) mass is 542 g/mol. The number of nitrogens with zero attached hydrogens (tertiary/aromatic N) is 1. The van der Waals surface area contributed by atoms with Crippen molar-refractivity contribution in [1.29, 1.82) is 0 Å². The van der Waals surface area contributed by atoms with Crippen molar-refractivity contribution in [2.24, 2.45) is 0 Å². The lowest BCUT2D eigenvalue weighted by Gasteiger charge is -2.43. The summed E-state index contributed by atoms with van der Waals surface area (Å²) in [5.41, 5.74) is -0.977. The Morgan fingerprint density at radius 2 is 1.66 bits per heavy atom. The summed E-state index contributed by atoms with van der Waals surface area (Å²) in [4.78, 5) is 27.3. The zero-order valence-corrected chi connectivity index (χ0v) is 22.0. The topological polar surface area (TPSA) is 77.1 Å². The molecular formula is C25H29Cl3N2O5. The van der Waals surface area contributed by atoms with Gasteiger partial charge in [0.05, 0.1) is 16.7 Å². The predicted molar refractivity (Wildman–Crippen MR) is 136 cm³/mol. The number of likely N-dealkylation sites (tertiary alicyclic amines) is 1. The summed E-state index contributed by atoms with van der Waals surface area (Å²) in [5, 5.41) is 4.33. The minimum Gasteiger partial charge on any atom is -0.484 e. The number of hydrogen-bond donors (Lipinski definition) is 1. The third kappa shape index (κ3) is 7.64. The predicted octanol–water partition coefficient (Wildman–Crippen LogP) is 5.35. The molecule has 1 fully saturated rings. The van der Waals surface area contributed by atoms with Crippen molar-refractivity contribution >= 4 is 46.7 Å². The van der Waals surface area contributed by atoms with Gasteiger partial charge in [-0.3, -0.25) is 14.5 Å². The van der Waals surface area contributed by atoms with Gasteiger partial charge >= 0.3 is 5.97 Å². The minimum atomic E-state index is -0.977. The van der Waals surface area contributed by atoms with Crippen molar-refractivity contribution in [1.82, 2.24) is 10.2 Å². The Bertz CT molecular complexity index is 1010. The van der Waals surface area contributed by atoms with Crippen molar-refractivity contribution in [3.63, 3.8) is 0 Å². The zero-order valence-electron chi connectivity index (χ0n) is 19.7. The first-order valence-corrected chi connectivity index (χ1v) is 12.6. The smallest absolute Gasteiger partial charge is 0.323 e. The molecule has 1 atom stereocenters. The molecule has 10 heteroatoms. The number of carbonyl (C=O) groups is 2. The summed E-state index contributed by atoms with van der Waals surface area (Å²) >= 11 is 18.0. The molecule has 1 N–H and O–H groups in total. The molecule has 2 aromatic rings. The highest BCUT2D eigenvalue weighted by Crippen LogP contribution is 2.30. The molecule has 35 heavy (non-hydrogen) atoms. The van der Waals surface area contributed by atoms with Crippen molar-refractivity contribution < 1.29 is 23.8 Å². The molecule has 0 saturated carbocycles. The lowest BCUT2D eigenvalue weighted by atomic mass is 9.97. The number of esters is 1. The Morgan fingerprint density at radius 3 is 2.26 bits per heavy atom. The quantitative estimate of drug-likeness (QED) is 0.321. The number of carbonyl (C=O) groups excluding carboxylic acids is 2. The molecule has 0 aliphatic carbocycles. The first-order valence-electron chi connectivity index (χ1n) is 11.5. The largest absolute Gasteiger partial charge is 0.484 e. The normalized spacial score (nSPS) is 16.3. The van der Waals surface area contributed by atoms with Crippen LogP contribution in [0.2, 0.25) is 15.1 Å². The van der Waals surface area contributed by atoms with E-state index < -0.39 is 5.72 Å². The van der Waals surface area contributed by atoms with Gasteiger partial charge in [-0.1, -0.05) is 41.7 Å². The summed E-state index contributed by atoms with van der Waals surface area (Å²) in [6.07, 6.45) is 1.56. The second kappa shape index (κ2) is 12.7. The van der Waals surface area contributed by atoms with E-state index in [0.29, 0.717) is 65.5 Å². The summed E-state index contributed by atoms with van der Waals surface area (Å²) < 4.78 is 17.1. The van der Waals surface area contributed by atoms with E-state index in [9.17, 15) is 9.59 Å². The van der Waals surface area contributed by atoms with E-state index in [1.165, 1.54) is 0 Å². The van der Waals surface area contributed by atoms with Gasteiger partial charge in [-0.25, -0.2) is 0 Å². The fourth-order valence-corrected chi connectivity index (χ4v) is 4.41. The first kappa shape index (κ1) is 27.4. The maximum atomic E-state index is 12.9. The van der Waals surface area contributed by atoms with Crippen molar-refractivity contribution in [2.75, 3.05) is 26.3 Å². The fraction of sp³-hybridized carbons (Fsp3) is 0.440. The molecule has 1 unspecified atom stereocenters. The van der Waals surface area contributed by atoms with Gasteiger partial charge in [-0.2, -0.15) is 0 Å². The molecule has 1 heterocycles. The molecule has 1 aliphatic rings. The molecular weight excluding hydrogens is 515 g/mol. The summed E-state index contributed by atoms with van der Waals surface area (Å²) in [6, 6.07) is 11.4. The average molecular weight is 544 g/mol. The Balaban J connectivity index is 1.70. The fourth-order valence-electron chi connectivity index (χ4n) is 4.00. The van der Waals surface area contributed by atoms with Crippen molar-refractivity contribution in [3.8, 4) is 11.5 Å². The van der Waals surface area contributed by atoms with E-state index in [2.05, 4.69) is 10.2 Å². The second-order valence-electron chi connectivity index (χ2n) is 8.18. The molecule has 0 bridgehead atoms. The van der Waals surface area contributed by atoms with Crippen LogP contribution in [-0.2, 0) is 14.3 Å². The number of ether oxygens (including phenoxy) is 3. The van der Waals surface area contributed by atoms with Crippen LogP contribution in [-0.4, -0.2) is 54.8 Å². The Kier molecular flexibility index (Phi) is 9.92. The zero-order chi connectivity index (χ0) is 25.4. The summed E-state index contributed by atoms with van der Waals surface area (Å²) in [5.74, 6) is 0.416. The van der Waals surface area contributed by atoms with Gasteiger partial charge in [-0.05, 0) is 49.7 Å². The highest BCUT2D eigenvalue weighted by Gasteiger charge is 2.41. The summed E-state index contributed by atoms with van der Waals surface area (Å²) in [6.45, 7) is 4.93. The van der Waals surface area contributed by atoms with Crippen LogP contribution in [0, 0.1) is 0 Å². The van der Waals surface area contributed by atoms with Gasteiger partial charge in [-0.15, -0.1) is 0 Å². The van der Waals surface area contributed by atoms with E-state index in [0.717, 1.165) is 0 Å². The number of halogens is 3. The van der Waals surface area contributed by atoms with Crippen LogP contribution in [0.15, 0.2) is 42.5 Å². The van der Waals surface area contributed by atoms with Gasteiger partial charge in [0.1, 0.15) is 17.5 Å². The molecule has 1 aliphatic heterocycles. The molecule has 3 rings (SSSR count). The van der Waals surface area contributed by atoms with Gasteiger partial charge in [0.15, 0.2) is 12.3 Å². The lowest BCUT2D eigenvalue weighted by Crippen LogP contribution is -2.61. The first-order chi connectivity index (χ1) is 16.7. The number of piperidine rings is 1. The van der Waals surface area contributed by atoms with E-state index in [1.54, 1.807) is 49.4 Å². The van der Waals surface area contributed by atoms with Crippen molar-refractivity contribution in [3.05, 3.63) is 57.5 Å². The van der Waals surface area contributed by atoms with Gasteiger partial charge < -0.3 is 19.5 Å². The number of rotatable bonds is 10. The van der Waals surface area contributed by atoms with Gasteiger partial charge in [0.25, 0.3) is 5.91 Å². The van der Waals surface area contributed by atoms with Gasteiger partial charge in [0.2, 0.25) is 0 Å². The molecule has 2 aromatic carbocycles. The SMILES string of the molecule is CCOC(=O)C(CC)N1CCC(NC(=O)COc2ccc(Cl)c(Cl)c2)(Oc2ccc(Cl)cc2)CC1.